The van der Waals surface area contributed by atoms with Crippen LogP contribution >= 0.6 is 0 Å². The molecule has 4 aromatic rings. The van der Waals surface area contributed by atoms with Crippen LogP contribution in [0.15, 0.2) is 60.9 Å². The molecule has 2 amide bonds. The summed E-state index contributed by atoms with van der Waals surface area (Å²) in [5.41, 5.74) is 5.60. The number of amides is 2. The fraction of sp³-hybridized carbons (Fsp3) is 0.556. The number of hydrogen-bond donors (Lipinski definition) is 5. The number of aliphatic hydroxyl groups excluding tert-OH is 1. The van der Waals surface area contributed by atoms with Crippen LogP contribution < -0.4 is 10.6 Å². The molecule has 0 aliphatic heterocycles. The Morgan fingerprint density at radius 2 is 1.02 bits per heavy atom. The number of aromatic nitrogens is 4. The highest BCUT2D eigenvalue weighted by Gasteiger charge is 2.37. The molecule has 0 bridgehead atoms. The van der Waals surface area contributed by atoms with E-state index < -0.39 is 0 Å². The smallest absolute Gasteiger partial charge is 0.224 e. The minimum Gasteiger partial charge on any atom is -0.396 e. The molecular formula is C45H62N6O3. The van der Waals surface area contributed by atoms with E-state index in [0.29, 0.717) is 5.92 Å². The van der Waals surface area contributed by atoms with Crippen LogP contribution in [0.25, 0.3) is 33.6 Å². The van der Waals surface area contributed by atoms with Gasteiger partial charge in [0.1, 0.15) is 11.6 Å². The van der Waals surface area contributed by atoms with Gasteiger partial charge >= 0.3 is 0 Å². The van der Waals surface area contributed by atoms with Gasteiger partial charge in [-0.05, 0) is 70.6 Å². The summed E-state index contributed by atoms with van der Waals surface area (Å²) in [4.78, 5) is 43.5. The second-order valence-corrected chi connectivity index (χ2v) is 18.0. The number of imidazole rings is 2. The SMILES string of the molecule is CCC1CCCCC1C(=O)N[C@H](c1ncc(-c2ccc(-c3ccc(-c4cnc([C@@H](NC(=O)C5CCCCC5CO)C(C)(C)C)[nH]4)cc3)cc2)[nH]1)C(C)(C)C. The van der Waals surface area contributed by atoms with Gasteiger partial charge in [0, 0.05) is 18.4 Å². The summed E-state index contributed by atoms with van der Waals surface area (Å²) in [6, 6.07) is 16.4. The lowest BCUT2D eigenvalue weighted by atomic mass is 9.76. The maximum Gasteiger partial charge on any atom is 0.224 e. The number of benzene rings is 2. The van der Waals surface area contributed by atoms with Crippen molar-refractivity contribution in [3.8, 4) is 33.6 Å². The molecule has 2 saturated carbocycles. The van der Waals surface area contributed by atoms with Gasteiger partial charge in [-0.1, -0.05) is 129 Å². The third kappa shape index (κ3) is 8.99. The minimum atomic E-state index is -0.294. The molecule has 2 aromatic heterocycles. The second-order valence-electron chi connectivity index (χ2n) is 18.0. The first-order valence-corrected chi connectivity index (χ1v) is 20.3. The van der Waals surface area contributed by atoms with Crippen molar-refractivity contribution in [2.45, 2.75) is 118 Å². The molecule has 9 nitrogen and oxygen atoms in total. The van der Waals surface area contributed by atoms with E-state index in [1.54, 1.807) is 0 Å². The first-order chi connectivity index (χ1) is 25.8. The molecule has 2 aliphatic carbocycles. The Balaban J connectivity index is 1.12. The molecule has 0 spiro atoms. The molecule has 2 aliphatic rings. The van der Waals surface area contributed by atoms with E-state index in [1.165, 1.54) is 6.42 Å². The fourth-order valence-corrected chi connectivity index (χ4v) is 8.65. The largest absolute Gasteiger partial charge is 0.396 e. The van der Waals surface area contributed by atoms with Gasteiger partial charge in [-0.15, -0.1) is 0 Å². The standard InChI is InChI=1S/C45H62N6O3/c1-8-28-13-9-11-15-34(28)42(53)50-38(44(2,3)4)40-46-25-36(48-40)31-21-17-29(18-22-31)30-19-23-32(24-20-30)37-26-47-41(49-37)39(45(5,6)7)51-43(54)35-16-12-10-14-33(35)27-52/h17-26,28,33-35,38-39,52H,8-16,27H2,1-7H3,(H,46,48)(H,47,49)(H,50,53)(H,51,54)/t28?,33?,34?,35?,38-,39-/m1/s1. The molecule has 4 unspecified atom stereocenters. The number of rotatable bonds is 11. The van der Waals surface area contributed by atoms with Crippen molar-refractivity contribution in [3.63, 3.8) is 0 Å². The van der Waals surface area contributed by atoms with Crippen molar-refractivity contribution < 1.29 is 14.7 Å². The Morgan fingerprint density at radius 1 is 0.648 bits per heavy atom. The minimum absolute atomic E-state index is 0.00696. The van der Waals surface area contributed by atoms with E-state index in [1.807, 2.05) is 12.4 Å². The summed E-state index contributed by atoms with van der Waals surface area (Å²) in [5, 5.41) is 16.6. The normalized spacial score (nSPS) is 22.0. The summed E-state index contributed by atoms with van der Waals surface area (Å²) < 4.78 is 0. The molecule has 54 heavy (non-hydrogen) atoms. The lowest BCUT2D eigenvalue weighted by Crippen LogP contribution is -2.43. The van der Waals surface area contributed by atoms with Crippen LogP contribution in [0.2, 0.25) is 0 Å². The van der Waals surface area contributed by atoms with Crippen LogP contribution in [0.3, 0.4) is 0 Å². The highest BCUT2D eigenvalue weighted by molar-refractivity contribution is 5.80. The Bertz CT molecular complexity index is 1710. The maximum absolute atomic E-state index is 13.5. The highest BCUT2D eigenvalue weighted by Crippen LogP contribution is 2.38. The van der Waals surface area contributed by atoms with Crippen LogP contribution in [0.1, 0.15) is 130 Å². The Morgan fingerprint density at radius 3 is 1.41 bits per heavy atom. The van der Waals surface area contributed by atoms with Gasteiger partial charge in [0.15, 0.2) is 0 Å². The molecule has 2 heterocycles. The lowest BCUT2D eigenvalue weighted by Gasteiger charge is -2.35. The van der Waals surface area contributed by atoms with E-state index in [4.69, 9.17) is 9.97 Å². The van der Waals surface area contributed by atoms with Gasteiger partial charge in [-0.3, -0.25) is 9.59 Å². The molecule has 2 fully saturated rings. The van der Waals surface area contributed by atoms with Crippen molar-refractivity contribution in [2.75, 3.05) is 6.61 Å². The molecule has 290 valence electrons. The summed E-state index contributed by atoms with van der Waals surface area (Å²) in [6.07, 6.45) is 13.0. The van der Waals surface area contributed by atoms with Gasteiger partial charge in [0.2, 0.25) is 11.8 Å². The molecule has 0 radical (unpaired) electrons. The molecule has 6 rings (SSSR count). The summed E-state index contributed by atoms with van der Waals surface area (Å²) in [6.45, 7) is 15.0. The van der Waals surface area contributed by atoms with Crippen LogP contribution in [0.5, 0.6) is 0 Å². The number of aliphatic hydroxyl groups is 1. The zero-order chi connectivity index (χ0) is 38.6. The predicted molar refractivity (Wildman–Crippen MR) is 216 cm³/mol. The number of nitrogens with zero attached hydrogens (tertiary/aromatic N) is 2. The number of carbonyl (C=O) groups is 2. The number of H-pyrrole nitrogens is 2. The van der Waals surface area contributed by atoms with Crippen molar-refractivity contribution in [3.05, 3.63) is 72.6 Å². The van der Waals surface area contributed by atoms with Crippen LogP contribution in [0.4, 0.5) is 0 Å². The van der Waals surface area contributed by atoms with Gasteiger partial charge < -0.3 is 25.7 Å². The lowest BCUT2D eigenvalue weighted by molar-refractivity contribution is -0.130. The van der Waals surface area contributed by atoms with Crippen molar-refractivity contribution in [1.82, 2.24) is 30.6 Å². The average Bonchev–Trinajstić information content (AvgIpc) is 3.86. The summed E-state index contributed by atoms with van der Waals surface area (Å²) in [7, 11) is 0. The quantitative estimate of drug-likeness (QED) is 0.105. The molecule has 0 saturated heterocycles. The molecule has 6 atom stereocenters. The molecule has 9 heteroatoms. The van der Waals surface area contributed by atoms with E-state index in [-0.39, 0.29) is 59.1 Å². The first kappa shape index (κ1) is 39.5. The van der Waals surface area contributed by atoms with Crippen LogP contribution in [-0.4, -0.2) is 43.5 Å². The third-order valence-corrected chi connectivity index (χ3v) is 12.0. The van der Waals surface area contributed by atoms with E-state index in [2.05, 4.69) is 118 Å². The molecular weight excluding hydrogens is 673 g/mol. The van der Waals surface area contributed by atoms with Crippen molar-refractivity contribution >= 4 is 11.8 Å². The maximum atomic E-state index is 13.5. The van der Waals surface area contributed by atoms with Crippen molar-refractivity contribution in [2.24, 2.45) is 34.5 Å². The molecule has 2 aromatic carbocycles. The first-order valence-electron chi connectivity index (χ1n) is 20.3. The number of nitrogens with one attached hydrogen (secondary N) is 4. The topological polar surface area (TPSA) is 136 Å². The van der Waals surface area contributed by atoms with Gasteiger partial charge in [0.05, 0.1) is 35.9 Å². The predicted octanol–water partition coefficient (Wildman–Crippen LogP) is 9.56. The van der Waals surface area contributed by atoms with Crippen LogP contribution in [-0.2, 0) is 9.59 Å². The van der Waals surface area contributed by atoms with E-state index in [9.17, 15) is 14.7 Å². The van der Waals surface area contributed by atoms with Crippen molar-refractivity contribution in [1.29, 1.82) is 0 Å². The summed E-state index contributed by atoms with van der Waals surface area (Å²) in [5.74, 6) is 2.07. The number of carbonyl (C=O) groups excluding carboxylic acids is 2. The van der Waals surface area contributed by atoms with Gasteiger partial charge in [-0.25, -0.2) is 9.97 Å². The fourth-order valence-electron chi connectivity index (χ4n) is 8.65. The number of aromatic amines is 2. The monoisotopic (exact) mass is 734 g/mol. The van der Waals surface area contributed by atoms with E-state index in [0.717, 1.165) is 96.7 Å². The third-order valence-electron chi connectivity index (χ3n) is 12.0. The Labute approximate surface area is 322 Å². The Hall–Kier alpha value is -4.24. The summed E-state index contributed by atoms with van der Waals surface area (Å²) >= 11 is 0. The highest BCUT2D eigenvalue weighted by atomic mass is 16.3. The number of hydrogen-bond acceptors (Lipinski definition) is 5. The zero-order valence-electron chi connectivity index (χ0n) is 33.5. The van der Waals surface area contributed by atoms with Gasteiger partial charge in [0.25, 0.3) is 0 Å². The van der Waals surface area contributed by atoms with Crippen LogP contribution in [0, 0.1) is 34.5 Å². The van der Waals surface area contributed by atoms with E-state index >= 15 is 0 Å². The average molecular weight is 735 g/mol. The Kier molecular flexibility index (Phi) is 12.2. The van der Waals surface area contributed by atoms with Gasteiger partial charge in [-0.2, -0.15) is 0 Å². The zero-order valence-corrected chi connectivity index (χ0v) is 33.5. The molecule has 5 N–H and O–H groups in total. The second kappa shape index (κ2) is 16.6.